The molecule has 0 atom stereocenters. The third-order valence-corrected chi connectivity index (χ3v) is 4.41. The van der Waals surface area contributed by atoms with Crippen LogP contribution in [0.15, 0.2) is 24.3 Å². The minimum atomic E-state index is -0.529. The summed E-state index contributed by atoms with van der Waals surface area (Å²) in [5.74, 6) is -1.06. The summed E-state index contributed by atoms with van der Waals surface area (Å²) < 4.78 is 27.0. The minimum Gasteiger partial charge on any atom is -0.207 e. The summed E-state index contributed by atoms with van der Waals surface area (Å²) in [6, 6.07) is 5.92. The smallest absolute Gasteiger partial charge is 0.126 e. The minimum absolute atomic E-state index is 0.529. The second-order valence-corrected chi connectivity index (χ2v) is 6.09. The lowest BCUT2D eigenvalue weighted by Crippen LogP contribution is -1.99. The summed E-state index contributed by atoms with van der Waals surface area (Å²) in [6.45, 7) is 8.37. The van der Waals surface area contributed by atoms with Gasteiger partial charge >= 0.3 is 0 Å². The predicted octanol–water partition coefficient (Wildman–Crippen LogP) is 6.29. The molecule has 0 fully saturated rings. The van der Waals surface area contributed by atoms with Gasteiger partial charge in [0.25, 0.3) is 0 Å². The molecule has 0 aromatic heterocycles. The molecular formula is C20H24F2. The SMILES string of the molecule is CCCCCc1cc(C)c(-c2cc(F)cc(F)c2)c(C)c1C. The van der Waals surface area contributed by atoms with Crippen LogP contribution in [0.5, 0.6) is 0 Å². The van der Waals surface area contributed by atoms with E-state index in [4.69, 9.17) is 0 Å². The average Bonchev–Trinajstić information content (AvgIpc) is 2.43. The van der Waals surface area contributed by atoms with Gasteiger partial charge in [0.1, 0.15) is 11.6 Å². The zero-order valence-electron chi connectivity index (χ0n) is 13.9. The number of halogens is 2. The van der Waals surface area contributed by atoms with Crippen LogP contribution < -0.4 is 0 Å². The van der Waals surface area contributed by atoms with Crippen LogP contribution in [0, 0.1) is 32.4 Å². The maximum atomic E-state index is 13.5. The van der Waals surface area contributed by atoms with Crippen molar-refractivity contribution in [1.29, 1.82) is 0 Å². The Labute approximate surface area is 132 Å². The number of benzene rings is 2. The van der Waals surface area contributed by atoms with E-state index in [2.05, 4.69) is 19.9 Å². The van der Waals surface area contributed by atoms with Crippen LogP contribution in [-0.2, 0) is 6.42 Å². The molecule has 0 saturated heterocycles. The number of hydrogen-bond acceptors (Lipinski definition) is 0. The second-order valence-electron chi connectivity index (χ2n) is 6.09. The Balaban J connectivity index is 2.47. The molecule has 22 heavy (non-hydrogen) atoms. The Hall–Kier alpha value is -1.70. The van der Waals surface area contributed by atoms with Crippen molar-refractivity contribution >= 4 is 0 Å². The number of hydrogen-bond donors (Lipinski definition) is 0. The van der Waals surface area contributed by atoms with E-state index in [1.54, 1.807) is 0 Å². The van der Waals surface area contributed by atoms with E-state index in [1.807, 2.05) is 13.8 Å². The van der Waals surface area contributed by atoms with Gasteiger partial charge in [-0.2, -0.15) is 0 Å². The van der Waals surface area contributed by atoms with Crippen LogP contribution in [0.3, 0.4) is 0 Å². The van der Waals surface area contributed by atoms with E-state index in [9.17, 15) is 8.78 Å². The molecule has 2 aromatic carbocycles. The van der Waals surface area contributed by atoms with Crippen LogP contribution in [0.4, 0.5) is 8.78 Å². The maximum absolute atomic E-state index is 13.5. The Morgan fingerprint density at radius 3 is 2.05 bits per heavy atom. The molecule has 0 nitrogen and oxygen atoms in total. The molecule has 0 saturated carbocycles. The summed E-state index contributed by atoms with van der Waals surface area (Å²) in [6.07, 6.45) is 4.69. The zero-order valence-corrected chi connectivity index (χ0v) is 13.9. The number of rotatable bonds is 5. The van der Waals surface area contributed by atoms with E-state index in [0.717, 1.165) is 29.2 Å². The third-order valence-electron chi connectivity index (χ3n) is 4.41. The summed E-state index contributed by atoms with van der Waals surface area (Å²) >= 11 is 0. The van der Waals surface area contributed by atoms with Gasteiger partial charge < -0.3 is 0 Å². The molecule has 0 heterocycles. The van der Waals surface area contributed by atoms with E-state index in [0.29, 0.717) is 5.56 Å². The zero-order chi connectivity index (χ0) is 16.3. The van der Waals surface area contributed by atoms with Crippen LogP contribution >= 0.6 is 0 Å². The first-order chi connectivity index (χ1) is 10.4. The van der Waals surface area contributed by atoms with Crippen molar-refractivity contribution in [2.45, 2.75) is 53.4 Å². The maximum Gasteiger partial charge on any atom is 0.126 e. The monoisotopic (exact) mass is 302 g/mol. The number of unbranched alkanes of at least 4 members (excludes halogenated alkanes) is 2. The van der Waals surface area contributed by atoms with Gasteiger partial charge in [0, 0.05) is 6.07 Å². The molecule has 2 rings (SSSR count). The molecule has 2 aromatic rings. The lowest BCUT2D eigenvalue weighted by Gasteiger charge is -2.17. The molecule has 0 aliphatic heterocycles. The van der Waals surface area contributed by atoms with Gasteiger partial charge in [-0.05, 0) is 79.1 Å². The highest BCUT2D eigenvalue weighted by molar-refractivity contribution is 5.73. The van der Waals surface area contributed by atoms with Crippen LogP contribution in [0.1, 0.15) is 48.4 Å². The van der Waals surface area contributed by atoms with Crippen molar-refractivity contribution in [1.82, 2.24) is 0 Å². The second kappa shape index (κ2) is 7.04. The molecule has 0 unspecified atom stereocenters. The topological polar surface area (TPSA) is 0 Å². The third kappa shape index (κ3) is 3.55. The highest BCUT2D eigenvalue weighted by Crippen LogP contribution is 2.32. The average molecular weight is 302 g/mol. The van der Waals surface area contributed by atoms with Gasteiger partial charge in [-0.15, -0.1) is 0 Å². The molecule has 0 spiro atoms. The normalized spacial score (nSPS) is 11.0. The van der Waals surface area contributed by atoms with Crippen molar-refractivity contribution in [2.24, 2.45) is 0 Å². The molecule has 0 radical (unpaired) electrons. The molecule has 0 N–H and O–H groups in total. The van der Waals surface area contributed by atoms with Gasteiger partial charge in [-0.25, -0.2) is 8.78 Å². The summed E-state index contributed by atoms with van der Waals surface area (Å²) in [5, 5.41) is 0. The molecule has 0 amide bonds. The fraction of sp³-hybridized carbons (Fsp3) is 0.400. The molecule has 0 aliphatic rings. The Bertz CT molecular complexity index is 652. The van der Waals surface area contributed by atoms with Gasteiger partial charge in [-0.1, -0.05) is 25.8 Å². The van der Waals surface area contributed by atoms with Crippen LogP contribution in [-0.4, -0.2) is 0 Å². The quantitative estimate of drug-likeness (QED) is 0.569. The van der Waals surface area contributed by atoms with Crippen molar-refractivity contribution in [3.05, 3.63) is 58.2 Å². The summed E-state index contributed by atoms with van der Waals surface area (Å²) in [4.78, 5) is 0. The Morgan fingerprint density at radius 2 is 1.45 bits per heavy atom. The first-order valence-electron chi connectivity index (χ1n) is 8.00. The molecule has 0 aliphatic carbocycles. The van der Waals surface area contributed by atoms with Crippen molar-refractivity contribution < 1.29 is 8.78 Å². The molecular weight excluding hydrogens is 278 g/mol. The van der Waals surface area contributed by atoms with Crippen LogP contribution in [0.2, 0.25) is 0 Å². The first kappa shape index (κ1) is 16.7. The Morgan fingerprint density at radius 1 is 0.818 bits per heavy atom. The lowest BCUT2D eigenvalue weighted by atomic mass is 9.88. The Kier molecular flexibility index (Phi) is 5.33. The highest BCUT2D eigenvalue weighted by Gasteiger charge is 2.13. The van der Waals surface area contributed by atoms with Crippen LogP contribution in [0.25, 0.3) is 11.1 Å². The molecule has 2 heteroatoms. The van der Waals surface area contributed by atoms with E-state index in [1.165, 1.54) is 42.5 Å². The molecule has 0 bridgehead atoms. The van der Waals surface area contributed by atoms with E-state index in [-0.39, 0.29) is 0 Å². The lowest BCUT2D eigenvalue weighted by molar-refractivity contribution is 0.584. The largest absolute Gasteiger partial charge is 0.207 e. The highest BCUT2D eigenvalue weighted by atomic mass is 19.1. The van der Waals surface area contributed by atoms with E-state index >= 15 is 0 Å². The van der Waals surface area contributed by atoms with Gasteiger partial charge in [0.2, 0.25) is 0 Å². The van der Waals surface area contributed by atoms with Crippen molar-refractivity contribution in [3.63, 3.8) is 0 Å². The fourth-order valence-corrected chi connectivity index (χ4v) is 3.13. The first-order valence-corrected chi connectivity index (χ1v) is 8.00. The van der Waals surface area contributed by atoms with Gasteiger partial charge in [0.05, 0.1) is 0 Å². The summed E-state index contributed by atoms with van der Waals surface area (Å²) in [5.41, 5.74) is 6.37. The van der Waals surface area contributed by atoms with Crippen molar-refractivity contribution in [3.8, 4) is 11.1 Å². The van der Waals surface area contributed by atoms with Crippen molar-refractivity contribution in [2.75, 3.05) is 0 Å². The fourth-order valence-electron chi connectivity index (χ4n) is 3.13. The van der Waals surface area contributed by atoms with E-state index < -0.39 is 11.6 Å². The standard InChI is InChI=1S/C20H24F2/c1-5-6-7-8-16-9-13(2)20(15(4)14(16)3)17-10-18(21)12-19(22)11-17/h9-12H,5-8H2,1-4H3. The number of aryl methyl sites for hydroxylation is 2. The summed E-state index contributed by atoms with van der Waals surface area (Å²) in [7, 11) is 0. The molecule has 118 valence electrons. The predicted molar refractivity (Wildman–Crippen MR) is 89.2 cm³/mol. The van der Waals surface area contributed by atoms with Gasteiger partial charge in [-0.3, -0.25) is 0 Å². The van der Waals surface area contributed by atoms with Gasteiger partial charge in [0.15, 0.2) is 0 Å².